The fourth-order valence-electron chi connectivity index (χ4n) is 2.71. The summed E-state index contributed by atoms with van der Waals surface area (Å²) in [5, 5.41) is 2.64. The quantitative estimate of drug-likeness (QED) is 0.504. The number of thiophene rings is 1. The van der Waals surface area contributed by atoms with Gasteiger partial charge in [-0.1, -0.05) is 41.4 Å². The van der Waals surface area contributed by atoms with Crippen LogP contribution in [0.25, 0.3) is 27.0 Å². The number of fused-ring (bicyclic) bond motifs is 1. The number of aryl methyl sites for hydroxylation is 1. The van der Waals surface area contributed by atoms with Crippen molar-refractivity contribution in [3.05, 3.63) is 81.2 Å². The highest BCUT2D eigenvalue weighted by Gasteiger charge is 2.13. The van der Waals surface area contributed by atoms with Gasteiger partial charge in [0.1, 0.15) is 11.0 Å². The average Bonchev–Trinajstić information content (AvgIpc) is 3.01. The first-order valence-corrected chi connectivity index (χ1v) is 8.71. The summed E-state index contributed by atoms with van der Waals surface area (Å²) in [6.45, 7) is 2.05. The summed E-state index contributed by atoms with van der Waals surface area (Å²) in [7, 11) is 0. The van der Waals surface area contributed by atoms with Crippen LogP contribution >= 0.6 is 22.9 Å². The van der Waals surface area contributed by atoms with Crippen molar-refractivity contribution in [2.75, 3.05) is 0 Å². The van der Waals surface area contributed by atoms with Crippen molar-refractivity contribution in [2.45, 2.75) is 6.92 Å². The van der Waals surface area contributed by atoms with Gasteiger partial charge in [0.25, 0.3) is 5.56 Å². The minimum Gasteiger partial charge on any atom is -0.267 e. The Morgan fingerprint density at radius 3 is 2.67 bits per heavy atom. The van der Waals surface area contributed by atoms with Crippen LogP contribution in [0, 0.1) is 6.92 Å². The van der Waals surface area contributed by atoms with Gasteiger partial charge in [-0.25, -0.2) is 4.98 Å². The zero-order valence-corrected chi connectivity index (χ0v) is 14.4. The molecule has 4 aromatic rings. The monoisotopic (exact) mass is 352 g/mol. The predicted octanol–water partition coefficient (Wildman–Crippen LogP) is 5.08. The Balaban J connectivity index is 1.90. The molecule has 0 radical (unpaired) electrons. The van der Waals surface area contributed by atoms with Crippen molar-refractivity contribution < 1.29 is 0 Å². The molecule has 0 aliphatic heterocycles. The number of rotatable bonds is 2. The Bertz CT molecular complexity index is 1100. The number of aromatic nitrogens is 2. The normalized spacial score (nSPS) is 11.1. The van der Waals surface area contributed by atoms with Crippen molar-refractivity contribution in [1.29, 1.82) is 0 Å². The van der Waals surface area contributed by atoms with E-state index in [2.05, 4.69) is 24.0 Å². The van der Waals surface area contributed by atoms with Gasteiger partial charge >= 0.3 is 0 Å². The molecular weight excluding hydrogens is 340 g/mol. The SMILES string of the molecule is Cc1cccc(-c2csc3c(=O)n(-c4ccc(Cl)cc4)cnc23)c1. The Hall–Kier alpha value is -2.43. The molecule has 5 heteroatoms. The van der Waals surface area contributed by atoms with Crippen molar-refractivity contribution in [3.63, 3.8) is 0 Å². The van der Waals surface area contributed by atoms with Gasteiger partial charge in [-0.15, -0.1) is 11.3 Å². The van der Waals surface area contributed by atoms with Crippen molar-refractivity contribution in [3.8, 4) is 16.8 Å². The van der Waals surface area contributed by atoms with Gasteiger partial charge in [0, 0.05) is 16.0 Å². The topological polar surface area (TPSA) is 34.9 Å². The molecule has 0 N–H and O–H groups in total. The molecule has 0 atom stereocenters. The fourth-order valence-corrected chi connectivity index (χ4v) is 3.79. The number of benzene rings is 2. The maximum atomic E-state index is 12.8. The molecule has 0 aliphatic carbocycles. The fraction of sp³-hybridized carbons (Fsp3) is 0.0526. The van der Waals surface area contributed by atoms with Crippen molar-refractivity contribution >= 4 is 33.2 Å². The molecule has 0 saturated heterocycles. The van der Waals surface area contributed by atoms with Gasteiger partial charge in [-0.3, -0.25) is 9.36 Å². The van der Waals surface area contributed by atoms with E-state index in [0.717, 1.165) is 22.3 Å². The highest BCUT2D eigenvalue weighted by molar-refractivity contribution is 7.17. The lowest BCUT2D eigenvalue weighted by atomic mass is 10.1. The molecule has 0 aliphatic rings. The highest BCUT2D eigenvalue weighted by Crippen LogP contribution is 2.31. The van der Waals surface area contributed by atoms with Crippen LogP contribution in [0.5, 0.6) is 0 Å². The molecule has 2 aromatic heterocycles. The van der Waals surface area contributed by atoms with Crippen LogP contribution in [0.15, 0.2) is 65.0 Å². The number of nitrogens with zero attached hydrogens (tertiary/aromatic N) is 2. The predicted molar refractivity (Wildman–Crippen MR) is 100 cm³/mol. The summed E-state index contributed by atoms with van der Waals surface area (Å²) < 4.78 is 2.21. The zero-order valence-electron chi connectivity index (χ0n) is 12.9. The van der Waals surface area contributed by atoms with Crippen LogP contribution in [0.4, 0.5) is 0 Å². The second-order valence-electron chi connectivity index (χ2n) is 5.59. The second kappa shape index (κ2) is 5.89. The summed E-state index contributed by atoms with van der Waals surface area (Å²) in [6, 6.07) is 15.4. The summed E-state index contributed by atoms with van der Waals surface area (Å²) in [4.78, 5) is 17.4. The molecule has 0 fully saturated rings. The van der Waals surface area contributed by atoms with Crippen LogP contribution < -0.4 is 5.56 Å². The highest BCUT2D eigenvalue weighted by atomic mass is 35.5. The summed E-state index contributed by atoms with van der Waals surface area (Å²) in [6.07, 6.45) is 1.58. The number of hydrogen-bond acceptors (Lipinski definition) is 3. The summed E-state index contributed by atoms with van der Waals surface area (Å²) in [5.74, 6) is 0. The molecule has 118 valence electrons. The minimum atomic E-state index is -0.0637. The Labute approximate surface area is 147 Å². The van der Waals surface area contributed by atoms with Crippen LogP contribution in [0.1, 0.15) is 5.56 Å². The van der Waals surface area contributed by atoms with Crippen LogP contribution in [0.3, 0.4) is 0 Å². The third kappa shape index (κ3) is 2.54. The Morgan fingerprint density at radius 2 is 1.92 bits per heavy atom. The van der Waals surface area contributed by atoms with E-state index in [0.29, 0.717) is 9.72 Å². The van der Waals surface area contributed by atoms with Crippen molar-refractivity contribution in [1.82, 2.24) is 9.55 Å². The van der Waals surface area contributed by atoms with Gasteiger partial charge in [0.2, 0.25) is 0 Å². The van der Waals surface area contributed by atoms with Gasteiger partial charge in [0.15, 0.2) is 0 Å². The lowest BCUT2D eigenvalue weighted by Crippen LogP contribution is -2.17. The first kappa shape index (κ1) is 15.1. The minimum absolute atomic E-state index is 0.0637. The summed E-state index contributed by atoms with van der Waals surface area (Å²) in [5.41, 5.74) is 4.70. The number of halogens is 1. The molecule has 4 rings (SSSR count). The molecule has 2 aromatic carbocycles. The molecule has 24 heavy (non-hydrogen) atoms. The van der Waals surface area contributed by atoms with Crippen LogP contribution in [-0.2, 0) is 0 Å². The standard InChI is InChI=1S/C19H13ClN2OS/c1-12-3-2-4-13(9-12)16-10-24-18-17(16)21-11-22(19(18)23)15-7-5-14(20)6-8-15/h2-11H,1H3. The van der Waals surface area contributed by atoms with E-state index in [-0.39, 0.29) is 5.56 Å². The lowest BCUT2D eigenvalue weighted by molar-refractivity contribution is 0.967. The van der Waals surface area contributed by atoms with Gasteiger partial charge in [0.05, 0.1) is 11.2 Å². The Kier molecular flexibility index (Phi) is 3.71. The molecule has 0 bridgehead atoms. The van der Waals surface area contributed by atoms with E-state index in [1.807, 2.05) is 29.6 Å². The van der Waals surface area contributed by atoms with E-state index in [1.54, 1.807) is 23.0 Å². The molecule has 0 unspecified atom stereocenters. The first-order chi connectivity index (χ1) is 11.6. The summed E-state index contributed by atoms with van der Waals surface area (Å²) >= 11 is 7.35. The average molecular weight is 353 g/mol. The van der Waals surface area contributed by atoms with Gasteiger partial charge in [-0.05, 0) is 36.8 Å². The Morgan fingerprint density at radius 1 is 1.12 bits per heavy atom. The molecule has 0 saturated carbocycles. The molecule has 3 nitrogen and oxygen atoms in total. The maximum Gasteiger partial charge on any atom is 0.275 e. The van der Waals surface area contributed by atoms with E-state index < -0.39 is 0 Å². The zero-order chi connectivity index (χ0) is 16.7. The van der Waals surface area contributed by atoms with E-state index in [9.17, 15) is 4.79 Å². The van der Waals surface area contributed by atoms with E-state index in [1.165, 1.54) is 16.9 Å². The lowest BCUT2D eigenvalue weighted by Gasteiger charge is -2.06. The maximum absolute atomic E-state index is 12.8. The number of hydrogen-bond donors (Lipinski definition) is 0. The molecule has 2 heterocycles. The second-order valence-corrected chi connectivity index (χ2v) is 6.91. The van der Waals surface area contributed by atoms with Crippen LogP contribution in [-0.4, -0.2) is 9.55 Å². The van der Waals surface area contributed by atoms with Crippen LogP contribution in [0.2, 0.25) is 5.02 Å². The van der Waals surface area contributed by atoms with Crippen molar-refractivity contribution in [2.24, 2.45) is 0 Å². The third-order valence-electron chi connectivity index (χ3n) is 3.91. The van der Waals surface area contributed by atoms with E-state index >= 15 is 0 Å². The molecule has 0 spiro atoms. The smallest absolute Gasteiger partial charge is 0.267 e. The third-order valence-corrected chi connectivity index (χ3v) is 5.12. The molecular formula is C19H13ClN2OS. The van der Waals surface area contributed by atoms with E-state index in [4.69, 9.17) is 11.6 Å². The van der Waals surface area contributed by atoms with Gasteiger partial charge < -0.3 is 0 Å². The first-order valence-electron chi connectivity index (χ1n) is 7.45. The largest absolute Gasteiger partial charge is 0.275 e. The van der Waals surface area contributed by atoms with Gasteiger partial charge in [-0.2, -0.15) is 0 Å². The molecule has 0 amide bonds.